The summed E-state index contributed by atoms with van der Waals surface area (Å²) in [7, 11) is 0. The number of ether oxygens (including phenoxy) is 2. The molecule has 4 aromatic rings. The molecule has 5 rings (SSSR count). The molecule has 0 aliphatic carbocycles. The molecule has 6 nitrogen and oxygen atoms in total. The standard InChI is InChI=1S/C30H28FNO5/c1-3-5-9-16-36-24-14-12-19(17-25(24)35-4-2)27-26-28(33)22-18-20(31)13-15-23(22)37-29(26)30(34)32(27)21-10-7-6-8-11-21/h6-8,10-15,17-18,27H,3-5,9,16H2,1-2H3. The van der Waals surface area contributed by atoms with Crippen molar-refractivity contribution < 1.29 is 23.1 Å². The number of carbonyl (C=O) groups is 1. The van der Waals surface area contributed by atoms with E-state index in [1.54, 1.807) is 24.3 Å². The van der Waals surface area contributed by atoms with Crippen LogP contribution in [0.25, 0.3) is 11.0 Å². The summed E-state index contributed by atoms with van der Waals surface area (Å²) in [6.07, 6.45) is 3.09. The Morgan fingerprint density at radius 2 is 1.73 bits per heavy atom. The zero-order chi connectivity index (χ0) is 25.9. The van der Waals surface area contributed by atoms with E-state index in [-0.39, 0.29) is 22.3 Å². The molecular weight excluding hydrogens is 473 g/mol. The Hall–Kier alpha value is -4.13. The van der Waals surface area contributed by atoms with Crippen molar-refractivity contribution in [3.05, 3.63) is 99.7 Å². The second-order valence-corrected chi connectivity index (χ2v) is 8.92. The van der Waals surface area contributed by atoms with Gasteiger partial charge in [0.15, 0.2) is 16.9 Å². The lowest BCUT2D eigenvalue weighted by molar-refractivity contribution is 0.0971. The molecule has 7 heteroatoms. The summed E-state index contributed by atoms with van der Waals surface area (Å²) in [5.41, 5.74) is 1.16. The molecule has 0 fully saturated rings. The van der Waals surface area contributed by atoms with Gasteiger partial charge in [-0.15, -0.1) is 0 Å². The Morgan fingerprint density at radius 3 is 2.49 bits per heavy atom. The first kappa shape index (κ1) is 24.6. The van der Waals surface area contributed by atoms with Gasteiger partial charge in [-0.1, -0.05) is 44.0 Å². The quantitative estimate of drug-likeness (QED) is 0.240. The van der Waals surface area contributed by atoms with Crippen LogP contribution in [0.1, 0.15) is 60.8 Å². The van der Waals surface area contributed by atoms with Gasteiger partial charge >= 0.3 is 0 Å². The van der Waals surface area contributed by atoms with Crippen molar-refractivity contribution in [2.75, 3.05) is 18.1 Å². The molecule has 1 amide bonds. The lowest BCUT2D eigenvalue weighted by Gasteiger charge is -2.26. The zero-order valence-corrected chi connectivity index (χ0v) is 20.8. The molecule has 2 heterocycles. The van der Waals surface area contributed by atoms with E-state index in [0.717, 1.165) is 25.3 Å². The predicted octanol–water partition coefficient (Wildman–Crippen LogP) is 6.65. The first-order valence-electron chi connectivity index (χ1n) is 12.6. The van der Waals surface area contributed by atoms with E-state index in [4.69, 9.17) is 13.9 Å². The van der Waals surface area contributed by atoms with Gasteiger partial charge in [-0.3, -0.25) is 14.5 Å². The van der Waals surface area contributed by atoms with Crippen LogP contribution in [-0.2, 0) is 0 Å². The maximum Gasteiger partial charge on any atom is 0.295 e. The van der Waals surface area contributed by atoms with Crippen LogP contribution >= 0.6 is 0 Å². The van der Waals surface area contributed by atoms with Gasteiger partial charge in [0.25, 0.3) is 5.91 Å². The minimum absolute atomic E-state index is 0.0455. The SMILES string of the molecule is CCCCCOc1ccc(C2c3c(oc4ccc(F)cc4c3=O)C(=O)N2c2ccccc2)cc1OCC. The number of halogens is 1. The third kappa shape index (κ3) is 4.57. The van der Waals surface area contributed by atoms with Gasteiger partial charge in [0.2, 0.25) is 5.76 Å². The molecule has 0 N–H and O–H groups in total. The lowest BCUT2D eigenvalue weighted by Crippen LogP contribution is -2.29. The van der Waals surface area contributed by atoms with E-state index in [0.29, 0.717) is 36.0 Å². The van der Waals surface area contributed by atoms with Crippen molar-refractivity contribution in [2.24, 2.45) is 0 Å². The van der Waals surface area contributed by atoms with Crippen molar-refractivity contribution in [1.29, 1.82) is 0 Å². The molecule has 1 aliphatic rings. The molecule has 190 valence electrons. The molecule has 0 saturated heterocycles. The largest absolute Gasteiger partial charge is 0.490 e. The van der Waals surface area contributed by atoms with Crippen molar-refractivity contribution in [3.63, 3.8) is 0 Å². The molecule has 1 unspecified atom stereocenters. The van der Waals surface area contributed by atoms with Gasteiger partial charge in [-0.2, -0.15) is 0 Å². The number of fused-ring (bicyclic) bond motifs is 2. The fourth-order valence-electron chi connectivity index (χ4n) is 4.73. The molecule has 3 aromatic carbocycles. The minimum atomic E-state index is -0.790. The molecule has 0 saturated carbocycles. The summed E-state index contributed by atoms with van der Waals surface area (Å²) in [5, 5.41) is 0.0902. The van der Waals surface area contributed by atoms with Crippen LogP contribution in [-0.4, -0.2) is 19.1 Å². The number of carbonyl (C=O) groups excluding carboxylic acids is 1. The van der Waals surface area contributed by atoms with Gasteiger partial charge in [-0.25, -0.2) is 4.39 Å². The molecule has 1 aromatic heterocycles. The number of benzene rings is 3. The number of hydrogen-bond donors (Lipinski definition) is 0. The molecule has 1 atom stereocenters. The van der Waals surface area contributed by atoms with E-state index in [1.165, 1.54) is 17.0 Å². The van der Waals surface area contributed by atoms with Crippen molar-refractivity contribution in [3.8, 4) is 11.5 Å². The van der Waals surface area contributed by atoms with E-state index in [1.807, 2.05) is 31.2 Å². The Bertz CT molecular complexity index is 1500. The summed E-state index contributed by atoms with van der Waals surface area (Å²) in [5.74, 6) is 0.0960. The average Bonchev–Trinajstić information content (AvgIpc) is 3.21. The van der Waals surface area contributed by atoms with Crippen molar-refractivity contribution in [2.45, 2.75) is 39.2 Å². The number of unbranched alkanes of at least 4 members (excludes halogenated alkanes) is 2. The Labute approximate surface area is 214 Å². The smallest absolute Gasteiger partial charge is 0.295 e. The summed E-state index contributed by atoms with van der Waals surface area (Å²) < 4.78 is 31.8. The van der Waals surface area contributed by atoms with Crippen LogP contribution in [0.4, 0.5) is 10.1 Å². The summed E-state index contributed by atoms with van der Waals surface area (Å²) >= 11 is 0. The molecule has 0 radical (unpaired) electrons. The number of amides is 1. The number of para-hydroxylation sites is 1. The first-order chi connectivity index (χ1) is 18.0. The van der Waals surface area contributed by atoms with E-state index in [9.17, 15) is 14.0 Å². The topological polar surface area (TPSA) is 69.0 Å². The molecule has 1 aliphatic heterocycles. The number of anilines is 1. The highest BCUT2D eigenvalue weighted by Gasteiger charge is 2.44. The molecule has 0 bridgehead atoms. The normalized spacial score (nSPS) is 14.7. The van der Waals surface area contributed by atoms with Gasteiger partial charge in [0.1, 0.15) is 11.4 Å². The Balaban J connectivity index is 1.67. The van der Waals surface area contributed by atoms with Crippen LogP contribution in [0.5, 0.6) is 11.5 Å². The van der Waals surface area contributed by atoms with Gasteiger partial charge < -0.3 is 13.9 Å². The van der Waals surface area contributed by atoms with Crippen LogP contribution in [0, 0.1) is 5.82 Å². The predicted molar refractivity (Wildman–Crippen MR) is 140 cm³/mol. The molecule has 0 spiro atoms. The summed E-state index contributed by atoms with van der Waals surface area (Å²) in [6, 6.07) is 17.5. The fourth-order valence-corrected chi connectivity index (χ4v) is 4.73. The summed E-state index contributed by atoms with van der Waals surface area (Å²) in [4.78, 5) is 28.9. The van der Waals surface area contributed by atoms with Crippen LogP contribution in [0.15, 0.2) is 75.9 Å². The zero-order valence-electron chi connectivity index (χ0n) is 20.8. The number of nitrogens with zero attached hydrogens (tertiary/aromatic N) is 1. The monoisotopic (exact) mass is 501 g/mol. The van der Waals surface area contributed by atoms with Crippen LogP contribution in [0.3, 0.4) is 0 Å². The minimum Gasteiger partial charge on any atom is -0.490 e. The van der Waals surface area contributed by atoms with Gasteiger partial charge in [0, 0.05) is 5.69 Å². The molecule has 37 heavy (non-hydrogen) atoms. The van der Waals surface area contributed by atoms with Crippen molar-refractivity contribution >= 4 is 22.6 Å². The third-order valence-electron chi connectivity index (χ3n) is 6.46. The van der Waals surface area contributed by atoms with Gasteiger partial charge in [0.05, 0.1) is 30.2 Å². The second kappa shape index (κ2) is 10.5. The van der Waals surface area contributed by atoms with E-state index in [2.05, 4.69) is 6.92 Å². The number of rotatable bonds is 9. The second-order valence-electron chi connectivity index (χ2n) is 8.92. The first-order valence-corrected chi connectivity index (χ1v) is 12.6. The van der Waals surface area contributed by atoms with E-state index < -0.39 is 23.2 Å². The van der Waals surface area contributed by atoms with Gasteiger partial charge in [-0.05, 0) is 61.4 Å². The third-order valence-corrected chi connectivity index (χ3v) is 6.46. The average molecular weight is 502 g/mol. The highest BCUT2D eigenvalue weighted by Crippen LogP contribution is 2.43. The van der Waals surface area contributed by atoms with E-state index >= 15 is 0 Å². The Morgan fingerprint density at radius 1 is 0.919 bits per heavy atom. The Kier molecular flexibility index (Phi) is 6.95. The van der Waals surface area contributed by atoms with Crippen molar-refractivity contribution in [1.82, 2.24) is 0 Å². The number of hydrogen-bond acceptors (Lipinski definition) is 5. The highest BCUT2D eigenvalue weighted by atomic mass is 19.1. The fraction of sp³-hybridized carbons (Fsp3) is 0.267. The highest BCUT2D eigenvalue weighted by molar-refractivity contribution is 6.10. The van der Waals surface area contributed by atoms with Crippen LogP contribution < -0.4 is 19.8 Å². The maximum absolute atomic E-state index is 14.1. The van der Waals surface area contributed by atoms with Crippen LogP contribution in [0.2, 0.25) is 0 Å². The molecular formula is C30H28FNO5. The lowest BCUT2D eigenvalue weighted by atomic mass is 9.97. The maximum atomic E-state index is 14.1. The summed E-state index contributed by atoms with van der Waals surface area (Å²) in [6.45, 7) is 5.00.